The third kappa shape index (κ3) is 4.04. The van der Waals surface area contributed by atoms with Gasteiger partial charge in [-0.25, -0.2) is 0 Å². The van der Waals surface area contributed by atoms with E-state index in [0.29, 0.717) is 55.4 Å². The van der Waals surface area contributed by atoms with Crippen LogP contribution in [-0.4, -0.2) is 52.0 Å². The Morgan fingerprint density at radius 2 is 1.78 bits per heavy atom. The van der Waals surface area contributed by atoms with Crippen molar-refractivity contribution in [2.75, 3.05) is 26.2 Å². The van der Waals surface area contributed by atoms with E-state index < -0.39 is 0 Å². The summed E-state index contributed by atoms with van der Waals surface area (Å²) >= 11 is 0. The zero-order chi connectivity index (χ0) is 22.1. The van der Waals surface area contributed by atoms with Gasteiger partial charge in [-0.2, -0.15) is 4.98 Å². The molecule has 1 amide bonds. The molecular weight excluding hydrogens is 408 g/mol. The van der Waals surface area contributed by atoms with Crippen LogP contribution in [0, 0.1) is 6.92 Å². The molecule has 1 saturated heterocycles. The highest BCUT2D eigenvalue weighted by Gasteiger charge is 2.25. The Balaban J connectivity index is 1.21. The number of carbonyl (C=O) groups is 1. The topological polar surface area (TPSA) is 92.7 Å². The van der Waals surface area contributed by atoms with Gasteiger partial charge < -0.3 is 13.8 Å². The lowest BCUT2D eigenvalue weighted by Crippen LogP contribution is -2.48. The van der Waals surface area contributed by atoms with Gasteiger partial charge >= 0.3 is 0 Å². The van der Waals surface area contributed by atoms with Crippen LogP contribution in [0.2, 0.25) is 0 Å². The maximum absolute atomic E-state index is 12.9. The molecule has 2 aromatic heterocycles. The predicted octanol–water partition coefficient (Wildman–Crippen LogP) is 3.11. The minimum Gasteiger partial charge on any atom is -0.451 e. The fourth-order valence-corrected chi connectivity index (χ4v) is 3.80. The molecule has 162 valence electrons. The highest BCUT2D eigenvalue weighted by Crippen LogP contribution is 2.18. The SMILES string of the molecule is Cc1ccc(-c2noc(CN3CCN(C(=O)c4cc(=O)c5ccccc5o4)CC3)n2)cc1. The number of fused-ring (bicyclic) bond motifs is 1. The van der Waals surface area contributed by atoms with Gasteiger partial charge in [0.05, 0.1) is 11.9 Å². The predicted molar refractivity (Wildman–Crippen MR) is 118 cm³/mol. The Bertz CT molecular complexity index is 1320. The number of aryl methyl sites for hydroxylation is 1. The molecule has 1 fully saturated rings. The Morgan fingerprint density at radius 1 is 1.03 bits per heavy atom. The first-order chi connectivity index (χ1) is 15.6. The molecule has 8 nitrogen and oxygen atoms in total. The Hall–Kier alpha value is -3.78. The Kier molecular flexibility index (Phi) is 5.28. The summed E-state index contributed by atoms with van der Waals surface area (Å²) in [6.07, 6.45) is 0. The van der Waals surface area contributed by atoms with Crippen molar-refractivity contribution >= 4 is 16.9 Å². The summed E-state index contributed by atoms with van der Waals surface area (Å²) in [5.74, 6) is 0.912. The number of nitrogens with zero attached hydrogens (tertiary/aromatic N) is 4. The molecule has 3 heterocycles. The monoisotopic (exact) mass is 430 g/mol. The molecule has 1 aliphatic heterocycles. The van der Waals surface area contributed by atoms with Gasteiger partial charge in [0.15, 0.2) is 11.2 Å². The summed E-state index contributed by atoms with van der Waals surface area (Å²) in [6.45, 7) is 4.91. The molecular formula is C24H22N4O4. The van der Waals surface area contributed by atoms with E-state index >= 15 is 0 Å². The van der Waals surface area contributed by atoms with E-state index in [1.807, 2.05) is 31.2 Å². The van der Waals surface area contributed by atoms with Crippen molar-refractivity contribution in [2.24, 2.45) is 0 Å². The van der Waals surface area contributed by atoms with Crippen LogP contribution in [0.4, 0.5) is 0 Å². The normalized spacial score (nSPS) is 14.7. The van der Waals surface area contributed by atoms with Crippen LogP contribution in [0.25, 0.3) is 22.4 Å². The average molecular weight is 430 g/mol. The van der Waals surface area contributed by atoms with Crippen LogP contribution < -0.4 is 5.43 Å². The van der Waals surface area contributed by atoms with Crippen LogP contribution in [-0.2, 0) is 6.54 Å². The third-order valence-corrected chi connectivity index (χ3v) is 5.64. The van der Waals surface area contributed by atoms with E-state index in [1.54, 1.807) is 29.2 Å². The lowest BCUT2D eigenvalue weighted by molar-refractivity contribution is 0.0585. The maximum Gasteiger partial charge on any atom is 0.289 e. The molecule has 2 aromatic carbocycles. The van der Waals surface area contributed by atoms with Crippen LogP contribution in [0.5, 0.6) is 0 Å². The summed E-state index contributed by atoms with van der Waals surface area (Å²) in [5.41, 5.74) is 2.29. The van der Waals surface area contributed by atoms with Crippen molar-refractivity contribution < 1.29 is 13.7 Å². The van der Waals surface area contributed by atoms with Gasteiger partial charge in [-0.05, 0) is 19.1 Å². The van der Waals surface area contributed by atoms with Crippen LogP contribution in [0.1, 0.15) is 22.0 Å². The molecule has 32 heavy (non-hydrogen) atoms. The van der Waals surface area contributed by atoms with Gasteiger partial charge in [-0.15, -0.1) is 0 Å². The standard InChI is InChI=1S/C24H22N4O4/c1-16-6-8-17(9-7-16)23-25-22(32-26-23)15-27-10-12-28(13-11-27)24(30)21-14-19(29)18-4-2-3-5-20(18)31-21/h2-9,14H,10-13,15H2,1H3. The Morgan fingerprint density at radius 3 is 2.56 bits per heavy atom. The molecule has 5 rings (SSSR count). The zero-order valence-corrected chi connectivity index (χ0v) is 17.7. The first kappa shape index (κ1) is 20.1. The van der Waals surface area contributed by atoms with Crippen LogP contribution in [0.3, 0.4) is 0 Å². The maximum atomic E-state index is 12.9. The average Bonchev–Trinajstić information content (AvgIpc) is 3.28. The van der Waals surface area contributed by atoms with E-state index in [-0.39, 0.29) is 17.1 Å². The molecule has 0 bridgehead atoms. The van der Waals surface area contributed by atoms with Crippen LogP contribution in [0.15, 0.2) is 68.3 Å². The van der Waals surface area contributed by atoms with Crippen LogP contribution >= 0.6 is 0 Å². The zero-order valence-electron chi connectivity index (χ0n) is 17.7. The second-order valence-electron chi connectivity index (χ2n) is 7.92. The molecule has 0 unspecified atom stereocenters. The van der Waals surface area contributed by atoms with E-state index in [0.717, 1.165) is 5.56 Å². The summed E-state index contributed by atoms with van der Waals surface area (Å²) in [5, 5.41) is 4.55. The summed E-state index contributed by atoms with van der Waals surface area (Å²) < 4.78 is 11.1. The molecule has 4 aromatic rings. The number of benzene rings is 2. The largest absolute Gasteiger partial charge is 0.451 e. The number of para-hydroxylation sites is 1. The fraction of sp³-hybridized carbons (Fsp3) is 0.250. The number of hydrogen-bond acceptors (Lipinski definition) is 7. The first-order valence-electron chi connectivity index (χ1n) is 10.5. The van der Waals surface area contributed by atoms with Gasteiger partial charge in [0.1, 0.15) is 5.58 Å². The van der Waals surface area contributed by atoms with Crippen molar-refractivity contribution in [3.63, 3.8) is 0 Å². The fourth-order valence-electron chi connectivity index (χ4n) is 3.80. The molecule has 1 aliphatic rings. The van der Waals surface area contributed by atoms with E-state index in [2.05, 4.69) is 15.0 Å². The molecule has 0 atom stereocenters. The van der Waals surface area contributed by atoms with Gasteiger partial charge in [0, 0.05) is 37.8 Å². The van der Waals surface area contributed by atoms with E-state index in [1.165, 1.54) is 11.6 Å². The smallest absolute Gasteiger partial charge is 0.289 e. The summed E-state index contributed by atoms with van der Waals surface area (Å²) in [4.78, 5) is 33.5. The minimum absolute atomic E-state index is 0.0711. The molecule has 8 heteroatoms. The quantitative estimate of drug-likeness (QED) is 0.491. The van der Waals surface area contributed by atoms with Gasteiger partial charge in [0.2, 0.25) is 11.7 Å². The number of rotatable bonds is 4. The highest BCUT2D eigenvalue weighted by atomic mass is 16.5. The highest BCUT2D eigenvalue weighted by molar-refractivity contribution is 5.93. The van der Waals surface area contributed by atoms with Crippen molar-refractivity contribution in [1.29, 1.82) is 0 Å². The van der Waals surface area contributed by atoms with Gasteiger partial charge in [-0.3, -0.25) is 14.5 Å². The Labute approximate surface area is 184 Å². The lowest BCUT2D eigenvalue weighted by atomic mass is 10.1. The first-order valence-corrected chi connectivity index (χ1v) is 10.5. The summed E-state index contributed by atoms with van der Waals surface area (Å²) in [7, 11) is 0. The van der Waals surface area contributed by atoms with Gasteiger partial charge in [0.25, 0.3) is 5.91 Å². The second-order valence-corrected chi connectivity index (χ2v) is 7.92. The van der Waals surface area contributed by atoms with Crippen molar-refractivity contribution in [3.8, 4) is 11.4 Å². The molecule has 0 radical (unpaired) electrons. The summed E-state index contributed by atoms with van der Waals surface area (Å²) in [6, 6.07) is 16.2. The van der Waals surface area contributed by atoms with Gasteiger partial charge in [-0.1, -0.05) is 47.1 Å². The van der Waals surface area contributed by atoms with Crippen molar-refractivity contribution in [3.05, 3.63) is 82.0 Å². The number of hydrogen-bond donors (Lipinski definition) is 0. The molecule has 0 N–H and O–H groups in total. The number of carbonyl (C=O) groups excluding carboxylic acids is 1. The lowest BCUT2D eigenvalue weighted by Gasteiger charge is -2.33. The molecule has 0 spiro atoms. The number of amides is 1. The molecule has 0 saturated carbocycles. The van der Waals surface area contributed by atoms with Crippen molar-refractivity contribution in [2.45, 2.75) is 13.5 Å². The van der Waals surface area contributed by atoms with E-state index in [9.17, 15) is 9.59 Å². The second kappa shape index (κ2) is 8.39. The minimum atomic E-state index is -0.271. The number of piperazine rings is 1. The molecule has 0 aliphatic carbocycles. The van der Waals surface area contributed by atoms with E-state index in [4.69, 9.17) is 8.94 Å². The van der Waals surface area contributed by atoms with Crippen molar-refractivity contribution in [1.82, 2.24) is 19.9 Å². The number of aromatic nitrogens is 2. The third-order valence-electron chi connectivity index (χ3n) is 5.64.